The molecule has 3 N–H and O–H groups in total. The zero-order valence-electron chi connectivity index (χ0n) is 22.0. The first kappa shape index (κ1) is 28.7. The summed E-state index contributed by atoms with van der Waals surface area (Å²) >= 11 is 0. The molecule has 0 atom stereocenters. The largest absolute Gasteiger partial charge is 0.340 e. The highest BCUT2D eigenvalue weighted by molar-refractivity contribution is 5.75. The molecule has 35 heavy (non-hydrogen) atoms. The van der Waals surface area contributed by atoms with E-state index in [4.69, 9.17) is 4.52 Å². The van der Waals surface area contributed by atoms with Crippen LogP contribution in [0.15, 0.2) is 34.9 Å². The molecule has 1 aromatic heterocycles. The smallest absolute Gasteiger partial charge is 0.334 e. The number of hydrogen-bond acceptors (Lipinski definition) is 5. The van der Waals surface area contributed by atoms with Crippen molar-refractivity contribution in [1.82, 2.24) is 20.9 Å². The number of hydrogen-bond donors (Lipinski definition) is 3. The Bertz CT molecular complexity index is 763. The fraction of sp³-hybridized carbons (Fsp3) is 0.679. The molecule has 0 saturated carbocycles. The number of nitrogens with one attached hydrogen (secondary N) is 3. The standard InChI is InChI=1S/C28H47N5O2/c1-3-5-7-9-11-13-18-22-25(23-19-14-12-10-8-6-4-2)29-27(34)31-32-28-30-26(33-35-28)24-20-16-15-17-21-24/h15-17,20-21,25H,3-14,18-19,22-23H2,1-2H3,(H2,29,31,34)(H,30,32,33). The van der Waals surface area contributed by atoms with Crippen LogP contribution in [-0.2, 0) is 0 Å². The van der Waals surface area contributed by atoms with Gasteiger partial charge in [-0.05, 0) is 12.8 Å². The third kappa shape index (κ3) is 13.2. The van der Waals surface area contributed by atoms with E-state index in [0.717, 1.165) is 31.2 Å². The van der Waals surface area contributed by atoms with Crippen LogP contribution < -0.4 is 16.2 Å². The quantitative estimate of drug-likeness (QED) is 0.130. The summed E-state index contributed by atoms with van der Waals surface area (Å²) < 4.78 is 5.20. The average molecular weight is 486 g/mol. The van der Waals surface area contributed by atoms with Crippen molar-refractivity contribution < 1.29 is 9.32 Å². The van der Waals surface area contributed by atoms with Crippen molar-refractivity contribution in [2.45, 2.75) is 123 Å². The molecule has 0 unspecified atom stereocenters. The summed E-state index contributed by atoms with van der Waals surface area (Å²) in [6.45, 7) is 4.50. The fourth-order valence-corrected chi connectivity index (χ4v) is 4.29. The lowest BCUT2D eigenvalue weighted by molar-refractivity contribution is 0.236. The Hall–Kier alpha value is -2.57. The van der Waals surface area contributed by atoms with Crippen molar-refractivity contribution in [2.24, 2.45) is 0 Å². The first-order valence-corrected chi connectivity index (χ1v) is 13.9. The van der Waals surface area contributed by atoms with E-state index in [0.29, 0.717) is 5.82 Å². The minimum absolute atomic E-state index is 0.162. The topological polar surface area (TPSA) is 92.1 Å². The third-order valence-corrected chi connectivity index (χ3v) is 6.39. The van der Waals surface area contributed by atoms with Gasteiger partial charge in [0.2, 0.25) is 5.82 Å². The van der Waals surface area contributed by atoms with Gasteiger partial charge in [-0.1, -0.05) is 139 Å². The molecule has 2 aromatic rings. The Morgan fingerprint density at radius 2 is 1.34 bits per heavy atom. The summed E-state index contributed by atoms with van der Waals surface area (Å²) in [6.07, 6.45) is 20.0. The number of hydrazine groups is 1. The van der Waals surface area contributed by atoms with Crippen molar-refractivity contribution in [3.8, 4) is 11.4 Å². The molecule has 196 valence electrons. The molecule has 7 nitrogen and oxygen atoms in total. The summed E-state index contributed by atoms with van der Waals surface area (Å²) in [5.74, 6) is 0.478. The molecule has 0 aliphatic carbocycles. The van der Waals surface area contributed by atoms with E-state index in [1.165, 1.54) is 77.0 Å². The Kier molecular flexibility index (Phi) is 15.3. The van der Waals surface area contributed by atoms with Crippen LogP contribution in [0.2, 0.25) is 0 Å². The van der Waals surface area contributed by atoms with Crippen LogP contribution in [-0.4, -0.2) is 22.2 Å². The molecule has 0 spiro atoms. The van der Waals surface area contributed by atoms with Crippen LogP contribution in [0.5, 0.6) is 0 Å². The summed E-state index contributed by atoms with van der Waals surface area (Å²) in [4.78, 5) is 16.8. The van der Waals surface area contributed by atoms with E-state index in [9.17, 15) is 4.79 Å². The summed E-state index contributed by atoms with van der Waals surface area (Å²) in [7, 11) is 0. The molecule has 7 heteroatoms. The highest BCUT2D eigenvalue weighted by Gasteiger charge is 2.13. The maximum Gasteiger partial charge on any atom is 0.340 e. The van der Waals surface area contributed by atoms with Crippen molar-refractivity contribution in [3.63, 3.8) is 0 Å². The number of carbonyl (C=O) groups excluding carboxylic acids is 1. The van der Waals surface area contributed by atoms with E-state index >= 15 is 0 Å². The highest BCUT2D eigenvalue weighted by atomic mass is 16.5. The number of rotatable bonds is 20. The van der Waals surface area contributed by atoms with Crippen molar-refractivity contribution in [2.75, 3.05) is 5.43 Å². The average Bonchev–Trinajstić information content (AvgIpc) is 3.36. The number of urea groups is 1. The molecule has 2 amide bonds. The van der Waals surface area contributed by atoms with Gasteiger partial charge in [-0.25, -0.2) is 15.6 Å². The molecule has 0 aliphatic rings. The van der Waals surface area contributed by atoms with Gasteiger partial charge in [0, 0.05) is 11.6 Å². The zero-order valence-corrected chi connectivity index (χ0v) is 22.0. The van der Waals surface area contributed by atoms with Gasteiger partial charge in [-0.3, -0.25) is 0 Å². The number of anilines is 1. The summed E-state index contributed by atoms with van der Waals surface area (Å²) in [5, 5.41) is 7.10. The lowest BCUT2D eigenvalue weighted by atomic mass is 10.00. The number of nitrogens with zero attached hydrogens (tertiary/aromatic N) is 2. The normalized spacial score (nSPS) is 11.1. The van der Waals surface area contributed by atoms with Crippen molar-refractivity contribution in [3.05, 3.63) is 30.3 Å². The molecular weight excluding hydrogens is 438 g/mol. The maximum atomic E-state index is 12.5. The lowest BCUT2D eigenvalue weighted by Gasteiger charge is -2.19. The van der Waals surface area contributed by atoms with Gasteiger partial charge in [0.05, 0.1) is 0 Å². The molecule has 0 bridgehead atoms. The van der Waals surface area contributed by atoms with Crippen LogP contribution in [0.3, 0.4) is 0 Å². The van der Waals surface area contributed by atoms with Crippen LogP contribution in [0.1, 0.15) is 117 Å². The van der Waals surface area contributed by atoms with Gasteiger partial charge < -0.3 is 9.84 Å². The second kappa shape index (κ2) is 18.7. The fourth-order valence-electron chi connectivity index (χ4n) is 4.29. The number of unbranched alkanes of at least 4 members (excludes halogenated alkanes) is 12. The predicted molar refractivity (Wildman–Crippen MR) is 144 cm³/mol. The van der Waals surface area contributed by atoms with E-state index in [1.54, 1.807) is 0 Å². The van der Waals surface area contributed by atoms with Gasteiger partial charge in [-0.2, -0.15) is 4.98 Å². The van der Waals surface area contributed by atoms with Crippen LogP contribution in [0.25, 0.3) is 11.4 Å². The van der Waals surface area contributed by atoms with E-state index in [-0.39, 0.29) is 18.1 Å². The summed E-state index contributed by atoms with van der Waals surface area (Å²) in [6, 6.07) is 9.67. The van der Waals surface area contributed by atoms with Gasteiger partial charge in [0.15, 0.2) is 0 Å². The van der Waals surface area contributed by atoms with E-state index in [2.05, 4.69) is 40.2 Å². The minimum atomic E-state index is -0.264. The van der Waals surface area contributed by atoms with E-state index < -0.39 is 0 Å². The maximum absolute atomic E-state index is 12.5. The minimum Gasteiger partial charge on any atom is -0.334 e. The Balaban J connectivity index is 1.72. The molecule has 0 aliphatic heterocycles. The molecular formula is C28H47N5O2. The van der Waals surface area contributed by atoms with Crippen LogP contribution in [0.4, 0.5) is 10.8 Å². The number of carbonyl (C=O) groups is 1. The number of aromatic nitrogens is 2. The van der Waals surface area contributed by atoms with Crippen molar-refractivity contribution in [1.29, 1.82) is 0 Å². The number of benzene rings is 1. The molecule has 1 heterocycles. The number of amides is 2. The third-order valence-electron chi connectivity index (χ3n) is 6.39. The first-order chi connectivity index (χ1) is 17.2. The lowest BCUT2D eigenvalue weighted by Crippen LogP contribution is -2.44. The first-order valence-electron chi connectivity index (χ1n) is 13.9. The van der Waals surface area contributed by atoms with Crippen LogP contribution in [0, 0.1) is 0 Å². The molecule has 2 rings (SSSR count). The second-order valence-corrected chi connectivity index (χ2v) is 9.53. The summed E-state index contributed by atoms with van der Waals surface area (Å²) in [5.41, 5.74) is 6.24. The second-order valence-electron chi connectivity index (χ2n) is 9.53. The molecule has 0 saturated heterocycles. The Labute approximate surface area is 212 Å². The monoisotopic (exact) mass is 485 g/mol. The predicted octanol–water partition coefficient (Wildman–Crippen LogP) is 8.01. The van der Waals surface area contributed by atoms with Gasteiger partial charge in [0.25, 0.3) is 0 Å². The van der Waals surface area contributed by atoms with Gasteiger partial charge in [0.1, 0.15) is 0 Å². The Morgan fingerprint density at radius 3 is 1.91 bits per heavy atom. The SMILES string of the molecule is CCCCCCCCCC(CCCCCCCCC)NC(=O)NNc1nc(-c2ccccc2)no1. The van der Waals surface area contributed by atoms with E-state index in [1.807, 2.05) is 30.3 Å². The molecule has 0 radical (unpaired) electrons. The van der Waals surface area contributed by atoms with Gasteiger partial charge >= 0.3 is 12.0 Å². The van der Waals surface area contributed by atoms with Crippen LogP contribution >= 0.6 is 0 Å². The highest BCUT2D eigenvalue weighted by Crippen LogP contribution is 2.17. The zero-order chi connectivity index (χ0) is 25.0. The molecule has 0 fully saturated rings. The Morgan fingerprint density at radius 1 is 0.800 bits per heavy atom. The van der Waals surface area contributed by atoms with Crippen molar-refractivity contribution >= 4 is 12.0 Å². The molecule has 1 aromatic carbocycles. The van der Waals surface area contributed by atoms with Gasteiger partial charge in [-0.15, -0.1) is 0 Å².